The molecule has 0 fully saturated rings. The van der Waals surface area contributed by atoms with E-state index >= 15 is 0 Å². The number of nitrogens with zero attached hydrogens (tertiary/aromatic N) is 2. The van der Waals surface area contributed by atoms with Crippen molar-refractivity contribution in [1.82, 2.24) is 9.78 Å². The zero-order valence-electron chi connectivity index (χ0n) is 10.3. The molecule has 0 radical (unpaired) electrons. The van der Waals surface area contributed by atoms with Gasteiger partial charge in [0, 0.05) is 12.6 Å². The number of esters is 1. The van der Waals surface area contributed by atoms with Crippen molar-refractivity contribution in [1.29, 1.82) is 0 Å². The van der Waals surface area contributed by atoms with E-state index in [0.717, 1.165) is 4.68 Å². The van der Waals surface area contributed by atoms with Crippen molar-refractivity contribution in [2.75, 3.05) is 6.61 Å². The van der Waals surface area contributed by atoms with Gasteiger partial charge in [-0.15, -0.1) is 0 Å². The van der Waals surface area contributed by atoms with E-state index in [2.05, 4.69) is 5.10 Å². The minimum atomic E-state index is -0.902. The lowest BCUT2D eigenvalue weighted by molar-refractivity contribution is -0.151. The molecule has 98 valence electrons. The fourth-order valence-electron chi connectivity index (χ4n) is 1.44. The van der Waals surface area contributed by atoms with Crippen LogP contribution in [0.15, 0.2) is 12.3 Å². The van der Waals surface area contributed by atoms with Gasteiger partial charge in [-0.25, -0.2) is 4.79 Å². The maximum atomic E-state index is 11.6. The highest BCUT2D eigenvalue weighted by Gasteiger charge is 2.26. The van der Waals surface area contributed by atoms with Crippen molar-refractivity contribution < 1.29 is 19.1 Å². The Kier molecular flexibility index (Phi) is 4.59. The van der Waals surface area contributed by atoms with E-state index in [1.165, 1.54) is 19.2 Å². The smallest absolute Gasteiger partial charge is 0.339 e. The number of hydrogen-bond donors (Lipinski definition) is 1. The lowest BCUT2D eigenvalue weighted by Crippen LogP contribution is -2.27. The Hall–Kier alpha value is -2.18. The number of primary amides is 1. The Morgan fingerprint density at radius 1 is 1.50 bits per heavy atom. The van der Waals surface area contributed by atoms with Crippen LogP contribution in [-0.4, -0.2) is 34.2 Å². The molecule has 1 atom stereocenters. The van der Waals surface area contributed by atoms with Gasteiger partial charge in [-0.1, -0.05) is 0 Å². The van der Waals surface area contributed by atoms with Crippen LogP contribution in [0.3, 0.4) is 0 Å². The molecule has 0 aliphatic rings. The summed E-state index contributed by atoms with van der Waals surface area (Å²) in [7, 11) is 0. The quantitative estimate of drug-likeness (QED) is 0.592. The number of hydrogen-bond acceptors (Lipinski definition) is 5. The van der Waals surface area contributed by atoms with E-state index in [1.54, 1.807) is 6.92 Å². The second-order valence-electron chi connectivity index (χ2n) is 3.71. The molecular weight excluding hydrogens is 238 g/mol. The lowest BCUT2D eigenvalue weighted by atomic mass is 9.99. The van der Waals surface area contributed by atoms with Crippen LogP contribution in [0.1, 0.15) is 19.5 Å². The summed E-state index contributed by atoms with van der Waals surface area (Å²) in [6.07, 6.45) is 1.47. The van der Waals surface area contributed by atoms with Crippen LogP contribution in [-0.2, 0) is 20.7 Å². The highest BCUT2D eigenvalue weighted by atomic mass is 16.5. The maximum absolute atomic E-state index is 11.6. The largest absolute Gasteiger partial charge is 0.465 e. The van der Waals surface area contributed by atoms with E-state index in [-0.39, 0.29) is 18.8 Å². The van der Waals surface area contributed by atoms with Gasteiger partial charge in [-0.2, -0.15) is 9.78 Å². The zero-order chi connectivity index (χ0) is 13.7. The van der Waals surface area contributed by atoms with E-state index in [9.17, 15) is 14.4 Å². The summed E-state index contributed by atoms with van der Waals surface area (Å²) in [6.45, 7) is 3.18. The van der Waals surface area contributed by atoms with Crippen LogP contribution in [0.5, 0.6) is 0 Å². The number of rotatable bonds is 5. The van der Waals surface area contributed by atoms with Gasteiger partial charge >= 0.3 is 12.0 Å². The van der Waals surface area contributed by atoms with E-state index < -0.39 is 17.9 Å². The summed E-state index contributed by atoms with van der Waals surface area (Å²) < 4.78 is 5.75. The molecule has 1 unspecified atom stereocenters. The zero-order valence-corrected chi connectivity index (χ0v) is 10.3. The van der Waals surface area contributed by atoms with Crippen LogP contribution >= 0.6 is 0 Å². The molecule has 1 aromatic rings. The van der Waals surface area contributed by atoms with Gasteiger partial charge in [-0.05, 0) is 19.9 Å². The first kappa shape index (κ1) is 13.9. The minimum Gasteiger partial charge on any atom is -0.465 e. The van der Waals surface area contributed by atoms with Gasteiger partial charge in [0.15, 0.2) is 0 Å². The van der Waals surface area contributed by atoms with Crippen molar-refractivity contribution in [3.05, 3.63) is 18.0 Å². The number of aromatic nitrogens is 2. The number of nitrogens with two attached hydrogens (primary N) is 1. The average molecular weight is 253 g/mol. The predicted molar refractivity (Wildman–Crippen MR) is 61.7 cm³/mol. The van der Waals surface area contributed by atoms with Crippen molar-refractivity contribution >= 4 is 17.8 Å². The molecule has 18 heavy (non-hydrogen) atoms. The fraction of sp³-hybridized carbons (Fsp3) is 0.455. The Morgan fingerprint density at radius 2 is 2.17 bits per heavy atom. The number of ketones is 1. The van der Waals surface area contributed by atoms with Crippen molar-refractivity contribution in [2.45, 2.75) is 20.3 Å². The average Bonchev–Trinajstić information content (AvgIpc) is 2.74. The number of amides is 1. The van der Waals surface area contributed by atoms with Gasteiger partial charge in [0.05, 0.1) is 12.3 Å². The number of Topliss-reactive ketones (excluding diaryl/α,β-unsaturated/α-hetero) is 1. The van der Waals surface area contributed by atoms with Crippen molar-refractivity contribution in [3.63, 3.8) is 0 Å². The molecule has 0 aromatic carbocycles. The number of carbonyl (C=O) groups excluding carboxylic acids is 3. The van der Waals surface area contributed by atoms with Crippen LogP contribution in [0.2, 0.25) is 0 Å². The standard InChI is InChI=1S/C11H15N3O4/c1-3-18-10(16)9(7(2)15)6-8-4-5-14(13-8)11(12)17/h4-5,9H,3,6H2,1-2H3,(H2,12,17). The molecular formula is C11H15N3O4. The molecule has 0 spiro atoms. The number of ether oxygens (including phenoxy) is 1. The first-order valence-corrected chi connectivity index (χ1v) is 5.47. The molecule has 2 N–H and O–H groups in total. The van der Waals surface area contributed by atoms with Gasteiger partial charge in [-0.3, -0.25) is 9.59 Å². The summed E-state index contributed by atoms with van der Waals surface area (Å²) in [6, 6.07) is 0.802. The second-order valence-corrected chi connectivity index (χ2v) is 3.71. The SMILES string of the molecule is CCOC(=O)C(Cc1ccn(C(N)=O)n1)C(C)=O. The molecule has 1 rings (SSSR count). The molecule has 1 amide bonds. The highest BCUT2D eigenvalue weighted by molar-refractivity contribution is 5.97. The monoisotopic (exact) mass is 253 g/mol. The number of carbonyl (C=O) groups is 3. The molecule has 7 nitrogen and oxygen atoms in total. The van der Waals surface area contributed by atoms with Crippen molar-refractivity contribution in [2.24, 2.45) is 11.7 Å². The van der Waals surface area contributed by atoms with Gasteiger partial charge < -0.3 is 10.5 Å². The molecule has 0 bridgehead atoms. The van der Waals surface area contributed by atoms with Gasteiger partial charge in [0.1, 0.15) is 11.7 Å². The van der Waals surface area contributed by atoms with Crippen LogP contribution in [0.4, 0.5) is 4.79 Å². The van der Waals surface area contributed by atoms with E-state index in [0.29, 0.717) is 5.69 Å². The lowest BCUT2D eigenvalue weighted by Gasteiger charge is -2.10. The second kappa shape index (κ2) is 5.95. The van der Waals surface area contributed by atoms with E-state index in [1.807, 2.05) is 0 Å². The third kappa shape index (κ3) is 3.41. The summed E-state index contributed by atoms with van der Waals surface area (Å²) in [4.78, 5) is 33.8. The van der Waals surface area contributed by atoms with Crippen LogP contribution < -0.4 is 5.73 Å². The summed E-state index contributed by atoms with van der Waals surface area (Å²) in [5.74, 6) is -1.79. The molecule has 0 saturated carbocycles. The normalized spacial score (nSPS) is 11.9. The molecule has 7 heteroatoms. The molecule has 0 saturated heterocycles. The Morgan fingerprint density at radius 3 is 2.61 bits per heavy atom. The summed E-state index contributed by atoms with van der Waals surface area (Å²) in [5, 5.41) is 3.86. The summed E-state index contributed by atoms with van der Waals surface area (Å²) in [5.41, 5.74) is 5.46. The fourth-order valence-corrected chi connectivity index (χ4v) is 1.44. The van der Waals surface area contributed by atoms with Crippen LogP contribution in [0, 0.1) is 5.92 Å². The van der Waals surface area contributed by atoms with Gasteiger partial charge in [0.2, 0.25) is 0 Å². The highest BCUT2D eigenvalue weighted by Crippen LogP contribution is 2.10. The maximum Gasteiger partial charge on any atom is 0.339 e. The van der Waals surface area contributed by atoms with E-state index in [4.69, 9.17) is 10.5 Å². The Labute approximate surface area is 104 Å². The van der Waals surface area contributed by atoms with Crippen molar-refractivity contribution in [3.8, 4) is 0 Å². The third-order valence-corrected chi connectivity index (χ3v) is 2.35. The predicted octanol–water partition coefficient (Wildman–Crippen LogP) is 0.121. The third-order valence-electron chi connectivity index (χ3n) is 2.35. The molecule has 0 aliphatic carbocycles. The topological polar surface area (TPSA) is 104 Å². The molecule has 1 aromatic heterocycles. The summed E-state index contributed by atoms with van der Waals surface area (Å²) >= 11 is 0. The van der Waals surface area contributed by atoms with Gasteiger partial charge in [0.25, 0.3) is 0 Å². The minimum absolute atomic E-state index is 0.0917. The Balaban J connectivity index is 2.80. The first-order chi connectivity index (χ1) is 8.45. The molecule has 0 aliphatic heterocycles. The first-order valence-electron chi connectivity index (χ1n) is 5.47. The molecule has 1 heterocycles. The van der Waals surface area contributed by atoms with Crippen LogP contribution in [0.25, 0.3) is 0 Å². The Bertz CT molecular complexity index is 467.